The second kappa shape index (κ2) is 11.5. The highest BCUT2D eigenvalue weighted by molar-refractivity contribution is 8.26. The van der Waals surface area contributed by atoms with Crippen molar-refractivity contribution in [3.63, 3.8) is 0 Å². The standard InChI is InChI=1S/C26H30N4O2S2/c1-5-7-13-29-23(28-16-19-11-9-8-10-12-19)20(18(4)21(15-27)24(29)31)14-22-25(32)30(17(3)6-2)26(33)34-22/h8-12,14,17,28H,5-7,13,16H2,1-4H3/b22-14+. The number of carbonyl (C=O) groups is 1. The van der Waals surface area contributed by atoms with Crippen molar-refractivity contribution in [1.82, 2.24) is 9.47 Å². The lowest BCUT2D eigenvalue weighted by molar-refractivity contribution is -0.123. The Balaban J connectivity index is 2.17. The number of carbonyl (C=O) groups excluding carboxylic acids is 1. The summed E-state index contributed by atoms with van der Waals surface area (Å²) in [6, 6.07) is 12.0. The Hall–Kier alpha value is -2.89. The number of nitrogens with one attached hydrogen (secondary N) is 1. The van der Waals surface area contributed by atoms with Gasteiger partial charge in [0.2, 0.25) is 0 Å². The molecule has 1 fully saturated rings. The van der Waals surface area contributed by atoms with Crippen molar-refractivity contribution in [2.45, 2.75) is 66.1 Å². The number of hydrogen-bond donors (Lipinski definition) is 1. The molecule has 0 radical (unpaired) electrons. The molecule has 1 unspecified atom stereocenters. The minimum atomic E-state index is -0.312. The Kier molecular flexibility index (Phi) is 8.70. The highest BCUT2D eigenvalue weighted by atomic mass is 32.2. The largest absolute Gasteiger partial charge is 0.367 e. The third kappa shape index (κ3) is 5.26. The summed E-state index contributed by atoms with van der Waals surface area (Å²) in [5.74, 6) is 0.482. The number of aromatic nitrogens is 1. The molecular weight excluding hydrogens is 464 g/mol. The highest BCUT2D eigenvalue weighted by Gasteiger charge is 2.35. The summed E-state index contributed by atoms with van der Waals surface area (Å²) in [6.45, 7) is 8.81. The Morgan fingerprint density at radius 3 is 2.56 bits per heavy atom. The number of benzene rings is 1. The molecular formula is C26H30N4O2S2. The number of rotatable bonds is 9. The van der Waals surface area contributed by atoms with Gasteiger partial charge >= 0.3 is 0 Å². The minimum Gasteiger partial charge on any atom is -0.367 e. The maximum Gasteiger partial charge on any atom is 0.270 e. The van der Waals surface area contributed by atoms with E-state index < -0.39 is 0 Å². The number of anilines is 1. The highest BCUT2D eigenvalue weighted by Crippen LogP contribution is 2.36. The number of unbranched alkanes of at least 4 members (excludes halogenated alkanes) is 1. The molecule has 0 bridgehead atoms. The van der Waals surface area contributed by atoms with Crippen molar-refractivity contribution in [3.05, 3.63) is 67.8 Å². The zero-order valence-electron chi connectivity index (χ0n) is 20.1. The third-order valence-electron chi connectivity index (χ3n) is 6.04. The van der Waals surface area contributed by atoms with E-state index in [1.807, 2.05) is 44.2 Å². The summed E-state index contributed by atoms with van der Waals surface area (Å²) in [5, 5.41) is 13.2. The quantitative estimate of drug-likeness (QED) is 0.369. The van der Waals surface area contributed by atoms with Gasteiger partial charge in [-0.05, 0) is 43.9 Å². The van der Waals surface area contributed by atoms with Gasteiger partial charge in [-0.1, -0.05) is 74.6 Å². The van der Waals surface area contributed by atoms with Gasteiger partial charge in [0.05, 0.1) is 4.91 Å². The van der Waals surface area contributed by atoms with Crippen molar-refractivity contribution in [2.75, 3.05) is 5.32 Å². The van der Waals surface area contributed by atoms with Gasteiger partial charge in [0.1, 0.15) is 21.8 Å². The Morgan fingerprint density at radius 2 is 1.94 bits per heavy atom. The second-order valence-electron chi connectivity index (χ2n) is 8.33. The van der Waals surface area contributed by atoms with Crippen molar-refractivity contribution in [1.29, 1.82) is 5.26 Å². The van der Waals surface area contributed by atoms with Crippen LogP contribution in [0.25, 0.3) is 6.08 Å². The van der Waals surface area contributed by atoms with Crippen LogP contribution in [0.15, 0.2) is 40.0 Å². The number of pyridine rings is 1. The Morgan fingerprint density at radius 1 is 1.24 bits per heavy atom. The zero-order chi connectivity index (χ0) is 24.8. The molecule has 1 aliphatic heterocycles. The molecule has 1 N–H and O–H groups in total. The average molecular weight is 495 g/mol. The summed E-state index contributed by atoms with van der Waals surface area (Å²) in [4.78, 5) is 28.6. The Bertz CT molecular complexity index is 1210. The predicted molar refractivity (Wildman–Crippen MR) is 144 cm³/mol. The van der Waals surface area contributed by atoms with Crippen LogP contribution in [0.1, 0.15) is 62.3 Å². The van der Waals surface area contributed by atoms with Gasteiger partial charge < -0.3 is 5.32 Å². The van der Waals surface area contributed by atoms with Crippen molar-refractivity contribution >= 4 is 46.1 Å². The van der Waals surface area contributed by atoms with E-state index in [1.54, 1.807) is 22.5 Å². The SMILES string of the molecule is CCCCn1c(NCc2ccccc2)c(/C=C2/SC(=S)N(C(C)CC)C2=O)c(C)c(C#N)c1=O. The summed E-state index contributed by atoms with van der Waals surface area (Å²) in [5.41, 5.74) is 2.09. The van der Waals surface area contributed by atoms with Crippen LogP contribution >= 0.6 is 24.0 Å². The molecule has 1 aromatic carbocycles. The number of amides is 1. The molecule has 1 amide bonds. The average Bonchev–Trinajstić information content (AvgIpc) is 3.12. The molecule has 2 heterocycles. The zero-order valence-corrected chi connectivity index (χ0v) is 21.7. The third-order valence-corrected chi connectivity index (χ3v) is 7.37. The van der Waals surface area contributed by atoms with E-state index in [0.29, 0.717) is 39.3 Å². The van der Waals surface area contributed by atoms with Crippen LogP contribution in [0.2, 0.25) is 0 Å². The van der Waals surface area contributed by atoms with Crippen LogP contribution in [-0.2, 0) is 17.9 Å². The lowest BCUT2D eigenvalue weighted by atomic mass is 10.0. The van der Waals surface area contributed by atoms with Crippen LogP contribution in [-0.4, -0.2) is 25.7 Å². The van der Waals surface area contributed by atoms with E-state index in [9.17, 15) is 14.9 Å². The molecule has 178 valence electrons. The van der Waals surface area contributed by atoms with Gasteiger partial charge in [0.15, 0.2) is 0 Å². The molecule has 1 saturated heterocycles. The monoisotopic (exact) mass is 494 g/mol. The van der Waals surface area contributed by atoms with Crippen LogP contribution < -0.4 is 10.9 Å². The summed E-state index contributed by atoms with van der Waals surface area (Å²) in [6.07, 6.45) is 4.28. The first kappa shape index (κ1) is 25.7. The predicted octanol–water partition coefficient (Wildman–Crippen LogP) is 5.44. The maximum atomic E-state index is 13.2. The Labute approximate surface area is 210 Å². The van der Waals surface area contributed by atoms with E-state index >= 15 is 0 Å². The molecule has 1 aromatic heterocycles. The fourth-order valence-electron chi connectivity index (χ4n) is 3.84. The van der Waals surface area contributed by atoms with Gasteiger partial charge in [-0.3, -0.25) is 19.1 Å². The van der Waals surface area contributed by atoms with E-state index in [-0.39, 0.29) is 23.1 Å². The fourth-order valence-corrected chi connectivity index (χ4v) is 5.28. The molecule has 0 saturated carbocycles. The minimum absolute atomic E-state index is 0.00310. The first-order valence-corrected chi connectivity index (χ1v) is 12.8. The maximum absolute atomic E-state index is 13.2. The summed E-state index contributed by atoms with van der Waals surface area (Å²) < 4.78 is 2.17. The van der Waals surface area contributed by atoms with Crippen molar-refractivity contribution in [2.24, 2.45) is 0 Å². The number of hydrogen-bond acceptors (Lipinski definition) is 6. The van der Waals surface area contributed by atoms with Gasteiger partial charge in [0.25, 0.3) is 11.5 Å². The van der Waals surface area contributed by atoms with Crippen molar-refractivity contribution in [3.8, 4) is 6.07 Å². The number of thioether (sulfide) groups is 1. The van der Waals surface area contributed by atoms with Gasteiger partial charge in [-0.2, -0.15) is 5.26 Å². The van der Waals surface area contributed by atoms with E-state index in [2.05, 4.69) is 18.3 Å². The lowest BCUT2D eigenvalue weighted by Gasteiger charge is -2.22. The first-order chi connectivity index (χ1) is 16.3. The molecule has 0 spiro atoms. The lowest BCUT2D eigenvalue weighted by Crippen LogP contribution is -2.36. The fraction of sp³-hybridized carbons (Fsp3) is 0.385. The van der Waals surface area contributed by atoms with Gasteiger partial charge in [0, 0.05) is 24.7 Å². The summed E-state index contributed by atoms with van der Waals surface area (Å²) >= 11 is 6.76. The number of thiocarbonyl (C=S) groups is 1. The molecule has 1 atom stereocenters. The normalized spacial score (nSPS) is 15.6. The first-order valence-electron chi connectivity index (χ1n) is 11.6. The molecule has 0 aliphatic carbocycles. The van der Waals surface area contributed by atoms with Crippen LogP contribution in [0.3, 0.4) is 0 Å². The van der Waals surface area contributed by atoms with E-state index in [0.717, 1.165) is 24.8 Å². The molecule has 3 rings (SSSR count). The molecule has 6 nitrogen and oxygen atoms in total. The van der Waals surface area contributed by atoms with Crippen LogP contribution in [0, 0.1) is 18.3 Å². The van der Waals surface area contributed by atoms with Crippen LogP contribution in [0.5, 0.6) is 0 Å². The molecule has 8 heteroatoms. The summed E-state index contributed by atoms with van der Waals surface area (Å²) in [7, 11) is 0. The topological polar surface area (TPSA) is 78.1 Å². The molecule has 34 heavy (non-hydrogen) atoms. The van der Waals surface area contributed by atoms with Gasteiger partial charge in [-0.25, -0.2) is 0 Å². The van der Waals surface area contributed by atoms with Gasteiger partial charge in [-0.15, -0.1) is 0 Å². The smallest absolute Gasteiger partial charge is 0.270 e. The van der Waals surface area contributed by atoms with E-state index in [4.69, 9.17) is 12.2 Å². The van der Waals surface area contributed by atoms with Crippen LogP contribution in [0.4, 0.5) is 5.82 Å². The van der Waals surface area contributed by atoms with Crippen molar-refractivity contribution < 1.29 is 4.79 Å². The van der Waals surface area contributed by atoms with E-state index in [1.165, 1.54) is 11.8 Å². The molecule has 2 aromatic rings. The second-order valence-corrected chi connectivity index (χ2v) is 10.0. The molecule has 1 aliphatic rings. The number of nitriles is 1. The number of nitrogens with zero attached hydrogens (tertiary/aromatic N) is 3.